The molecule has 0 spiro atoms. The van der Waals surface area contributed by atoms with Gasteiger partial charge in [-0.05, 0) is 30.5 Å². The normalized spacial score (nSPS) is 10.6. The summed E-state index contributed by atoms with van der Waals surface area (Å²) in [6, 6.07) is 4.65. The van der Waals surface area contributed by atoms with E-state index in [9.17, 15) is 18.8 Å². The number of nitrogens with zero attached hydrogens (tertiary/aromatic N) is 1. The molecule has 0 aliphatic rings. The molecule has 1 aromatic carbocycles. The van der Waals surface area contributed by atoms with E-state index >= 15 is 0 Å². The topological polar surface area (TPSA) is 71.9 Å². The van der Waals surface area contributed by atoms with Crippen LogP contribution >= 0.6 is 0 Å². The van der Waals surface area contributed by atoms with Gasteiger partial charge in [-0.25, -0.2) is 9.18 Å². The molecule has 1 aromatic heterocycles. The lowest BCUT2D eigenvalue weighted by Gasteiger charge is -2.08. The SMILES string of the molecule is Cc1cn(Cc2ccc(CCC=O)c(F)c2)c(=O)[nH]c1=O. The third-order valence-corrected chi connectivity index (χ3v) is 3.19. The van der Waals surface area contributed by atoms with Crippen LogP contribution in [0.4, 0.5) is 4.39 Å². The first kappa shape index (κ1) is 14.9. The number of hydrogen-bond donors (Lipinski definition) is 1. The third-order valence-electron chi connectivity index (χ3n) is 3.19. The Morgan fingerprint density at radius 3 is 2.76 bits per heavy atom. The van der Waals surface area contributed by atoms with Crippen LogP contribution in [0.25, 0.3) is 0 Å². The molecule has 0 atom stereocenters. The number of halogens is 1. The van der Waals surface area contributed by atoms with Gasteiger partial charge in [-0.15, -0.1) is 0 Å². The number of aromatic amines is 1. The molecule has 0 aliphatic heterocycles. The van der Waals surface area contributed by atoms with E-state index in [1.165, 1.54) is 16.8 Å². The standard InChI is InChI=1S/C15H15FN2O3/c1-10-8-18(15(21)17-14(10)20)9-11-4-5-12(3-2-6-19)13(16)7-11/h4-8H,2-3,9H2,1H3,(H,17,20,21). The molecule has 0 fully saturated rings. The number of H-pyrrole nitrogens is 1. The monoisotopic (exact) mass is 290 g/mol. The van der Waals surface area contributed by atoms with E-state index in [0.29, 0.717) is 23.1 Å². The van der Waals surface area contributed by atoms with Gasteiger partial charge in [-0.2, -0.15) is 0 Å². The Balaban J connectivity index is 2.26. The highest BCUT2D eigenvalue weighted by Gasteiger charge is 2.06. The minimum atomic E-state index is -0.531. The second kappa shape index (κ2) is 6.30. The first-order valence-corrected chi connectivity index (χ1v) is 6.52. The molecule has 2 rings (SSSR count). The van der Waals surface area contributed by atoms with Crippen molar-refractivity contribution in [1.29, 1.82) is 0 Å². The van der Waals surface area contributed by atoms with E-state index in [-0.39, 0.29) is 13.0 Å². The number of hydrogen-bond acceptors (Lipinski definition) is 3. The van der Waals surface area contributed by atoms with E-state index in [2.05, 4.69) is 4.98 Å². The molecular weight excluding hydrogens is 275 g/mol. The van der Waals surface area contributed by atoms with Crippen LogP contribution in [0.2, 0.25) is 0 Å². The Morgan fingerprint density at radius 1 is 1.33 bits per heavy atom. The number of benzene rings is 1. The summed E-state index contributed by atoms with van der Waals surface area (Å²) in [4.78, 5) is 35.5. The summed E-state index contributed by atoms with van der Waals surface area (Å²) in [6.45, 7) is 1.76. The van der Waals surface area contributed by atoms with E-state index < -0.39 is 17.1 Å². The summed E-state index contributed by atoms with van der Waals surface area (Å²) in [5.41, 5.74) is 0.534. The van der Waals surface area contributed by atoms with Gasteiger partial charge in [-0.3, -0.25) is 14.3 Å². The minimum Gasteiger partial charge on any atom is -0.303 e. The zero-order chi connectivity index (χ0) is 15.4. The van der Waals surface area contributed by atoms with Crippen molar-refractivity contribution in [3.8, 4) is 0 Å². The lowest BCUT2D eigenvalue weighted by Crippen LogP contribution is -2.31. The highest BCUT2D eigenvalue weighted by Crippen LogP contribution is 2.12. The maximum atomic E-state index is 13.9. The van der Waals surface area contributed by atoms with Crippen LogP contribution in [-0.2, 0) is 17.8 Å². The second-order valence-electron chi connectivity index (χ2n) is 4.83. The second-order valence-corrected chi connectivity index (χ2v) is 4.83. The van der Waals surface area contributed by atoms with Crippen molar-refractivity contribution >= 4 is 6.29 Å². The molecule has 5 nitrogen and oxygen atoms in total. The number of rotatable bonds is 5. The summed E-state index contributed by atoms with van der Waals surface area (Å²) < 4.78 is 15.2. The van der Waals surface area contributed by atoms with Gasteiger partial charge in [-0.1, -0.05) is 12.1 Å². The lowest BCUT2D eigenvalue weighted by molar-refractivity contribution is -0.107. The lowest BCUT2D eigenvalue weighted by atomic mass is 10.1. The van der Waals surface area contributed by atoms with E-state index in [0.717, 1.165) is 6.29 Å². The van der Waals surface area contributed by atoms with Crippen LogP contribution in [0.5, 0.6) is 0 Å². The molecule has 1 N–H and O–H groups in total. The Morgan fingerprint density at radius 2 is 2.10 bits per heavy atom. The largest absolute Gasteiger partial charge is 0.328 e. The fraction of sp³-hybridized carbons (Fsp3) is 0.267. The van der Waals surface area contributed by atoms with Crippen molar-refractivity contribution in [3.63, 3.8) is 0 Å². The van der Waals surface area contributed by atoms with Gasteiger partial charge in [0.25, 0.3) is 5.56 Å². The van der Waals surface area contributed by atoms with Crippen LogP contribution in [0.15, 0.2) is 34.0 Å². The van der Waals surface area contributed by atoms with Crippen molar-refractivity contribution < 1.29 is 9.18 Å². The molecular formula is C15H15FN2O3. The molecule has 0 bridgehead atoms. The maximum Gasteiger partial charge on any atom is 0.328 e. The number of aldehydes is 1. The Kier molecular flexibility index (Phi) is 4.47. The predicted octanol–water partition coefficient (Wildman–Crippen LogP) is 1.16. The molecule has 0 saturated carbocycles. The van der Waals surface area contributed by atoms with Crippen molar-refractivity contribution in [1.82, 2.24) is 9.55 Å². The first-order chi connectivity index (χ1) is 10.0. The van der Waals surface area contributed by atoms with Gasteiger partial charge in [0.1, 0.15) is 12.1 Å². The van der Waals surface area contributed by atoms with Gasteiger partial charge in [0, 0.05) is 18.2 Å². The number of carbonyl (C=O) groups excluding carboxylic acids is 1. The van der Waals surface area contributed by atoms with Gasteiger partial charge in [0.2, 0.25) is 0 Å². The molecule has 0 unspecified atom stereocenters. The molecule has 110 valence electrons. The molecule has 6 heteroatoms. The number of aryl methyl sites for hydroxylation is 2. The smallest absolute Gasteiger partial charge is 0.303 e. The minimum absolute atomic E-state index is 0.168. The summed E-state index contributed by atoms with van der Waals surface area (Å²) in [7, 11) is 0. The van der Waals surface area contributed by atoms with Crippen molar-refractivity contribution in [2.45, 2.75) is 26.3 Å². The summed E-state index contributed by atoms with van der Waals surface area (Å²) >= 11 is 0. The van der Waals surface area contributed by atoms with Gasteiger partial charge < -0.3 is 4.79 Å². The van der Waals surface area contributed by atoms with Gasteiger partial charge >= 0.3 is 5.69 Å². The third kappa shape index (κ3) is 3.53. The zero-order valence-electron chi connectivity index (χ0n) is 11.6. The molecule has 2 aromatic rings. The molecule has 0 saturated heterocycles. The molecule has 0 aliphatic carbocycles. The van der Waals surface area contributed by atoms with Crippen LogP contribution in [0, 0.1) is 12.7 Å². The molecule has 21 heavy (non-hydrogen) atoms. The van der Waals surface area contributed by atoms with Gasteiger partial charge in [0.05, 0.1) is 6.54 Å². The number of aromatic nitrogens is 2. The predicted molar refractivity (Wildman–Crippen MR) is 75.9 cm³/mol. The molecule has 0 amide bonds. The van der Waals surface area contributed by atoms with Crippen molar-refractivity contribution in [2.75, 3.05) is 0 Å². The Labute approximate surface area is 120 Å². The average Bonchev–Trinajstić information content (AvgIpc) is 2.44. The number of carbonyl (C=O) groups is 1. The van der Waals surface area contributed by atoms with E-state index in [4.69, 9.17) is 0 Å². The van der Waals surface area contributed by atoms with E-state index in [1.807, 2.05) is 0 Å². The Bertz CT molecular complexity index is 777. The summed E-state index contributed by atoms with van der Waals surface area (Å²) in [6.07, 6.45) is 2.82. The number of nitrogens with one attached hydrogen (secondary N) is 1. The summed E-state index contributed by atoms with van der Waals surface area (Å²) in [5, 5.41) is 0. The Hall–Kier alpha value is -2.50. The maximum absolute atomic E-state index is 13.9. The highest BCUT2D eigenvalue weighted by atomic mass is 19.1. The van der Waals surface area contributed by atoms with Crippen LogP contribution in [-0.4, -0.2) is 15.8 Å². The molecule has 1 heterocycles. The first-order valence-electron chi connectivity index (χ1n) is 6.52. The van der Waals surface area contributed by atoms with Crippen molar-refractivity contribution in [2.24, 2.45) is 0 Å². The van der Waals surface area contributed by atoms with E-state index in [1.54, 1.807) is 19.1 Å². The van der Waals surface area contributed by atoms with Crippen LogP contribution in [0.3, 0.4) is 0 Å². The zero-order valence-corrected chi connectivity index (χ0v) is 11.6. The fourth-order valence-corrected chi connectivity index (χ4v) is 2.04. The van der Waals surface area contributed by atoms with Gasteiger partial charge in [0.15, 0.2) is 0 Å². The fourth-order valence-electron chi connectivity index (χ4n) is 2.04. The van der Waals surface area contributed by atoms with Crippen molar-refractivity contribution in [3.05, 3.63) is 67.7 Å². The van der Waals surface area contributed by atoms with Crippen LogP contribution in [0.1, 0.15) is 23.1 Å². The van der Waals surface area contributed by atoms with Crippen LogP contribution < -0.4 is 11.2 Å². The highest BCUT2D eigenvalue weighted by molar-refractivity contribution is 5.50. The quantitative estimate of drug-likeness (QED) is 0.840. The summed E-state index contributed by atoms with van der Waals surface area (Å²) in [5.74, 6) is -0.399. The average molecular weight is 290 g/mol. The molecule has 0 radical (unpaired) electrons.